The molecule has 0 aromatic heterocycles. The summed E-state index contributed by atoms with van der Waals surface area (Å²) in [5, 5.41) is 0.454. The van der Waals surface area contributed by atoms with Gasteiger partial charge in [-0.25, -0.2) is 4.39 Å². The van der Waals surface area contributed by atoms with Crippen molar-refractivity contribution >= 4 is 23.2 Å². The Balaban J connectivity index is 2.17. The van der Waals surface area contributed by atoms with Crippen molar-refractivity contribution in [2.24, 2.45) is 5.41 Å². The van der Waals surface area contributed by atoms with Crippen LogP contribution in [-0.4, -0.2) is 5.88 Å². The first kappa shape index (κ1) is 13.2. The van der Waals surface area contributed by atoms with E-state index in [9.17, 15) is 4.39 Å². The Morgan fingerprint density at radius 1 is 1.18 bits per heavy atom. The van der Waals surface area contributed by atoms with Crippen LogP contribution in [0.15, 0.2) is 18.2 Å². The topological polar surface area (TPSA) is 0 Å². The van der Waals surface area contributed by atoms with Crippen molar-refractivity contribution in [1.82, 2.24) is 0 Å². The molecule has 0 spiro atoms. The molecule has 0 aliphatic heterocycles. The number of benzene rings is 1. The minimum absolute atomic E-state index is 0.0917. The summed E-state index contributed by atoms with van der Waals surface area (Å²) in [7, 11) is 0. The molecular formula is C14H17Cl2F. The third-order valence-corrected chi connectivity index (χ3v) is 4.58. The van der Waals surface area contributed by atoms with E-state index in [0.717, 1.165) is 24.8 Å². The van der Waals surface area contributed by atoms with Crippen LogP contribution >= 0.6 is 23.2 Å². The van der Waals surface area contributed by atoms with Crippen molar-refractivity contribution in [3.05, 3.63) is 34.6 Å². The molecule has 94 valence electrons. The maximum Gasteiger partial charge on any atom is 0.127 e. The molecule has 0 atom stereocenters. The van der Waals surface area contributed by atoms with Crippen LogP contribution in [0.2, 0.25) is 5.02 Å². The normalized spacial score (nSPS) is 19.2. The Bertz CT molecular complexity index is 384. The zero-order valence-electron chi connectivity index (χ0n) is 9.82. The van der Waals surface area contributed by atoms with E-state index in [1.165, 1.54) is 25.3 Å². The van der Waals surface area contributed by atoms with E-state index in [4.69, 9.17) is 23.2 Å². The molecule has 1 aromatic carbocycles. The highest BCUT2D eigenvalue weighted by Crippen LogP contribution is 2.40. The molecule has 0 unspecified atom stereocenters. The highest BCUT2D eigenvalue weighted by molar-refractivity contribution is 6.30. The van der Waals surface area contributed by atoms with Crippen molar-refractivity contribution in [2.45, 2.75) is 38.5 Å². The van der Waals surface area contributed by atoms with E-state index in [0.29, 0.717) is 10.9 Å². The van der Waals surface area contributed by atoms with Crippen molar-refractivity contribution in [3.63, 3.8) is 0 Å². The molecule has 0 heterocycles. The third-order valence-electron chi connectivity index (χ3n) is 3.78. The van der Waals surface area contributed by atoms with E-state index in [2.05, 4.69) is 0 Å². The van der Waals surface area contributed by atoms with Gasteiger partial charge in [0.15, 0.2) is 0 Å². The summed E-state index contributed by atoms with van der Waals surface area (Å²) in [4.78, 5) is 0. The zero-order valence-corrected chi connectivity index (χ0v) is 11.3. The summed E-state index contributed by atoms with van der Waals surface area (Å²) < 4.78 is 13.8. The quantitative estimate of drug-likeness (QED) is 0.664. The summed E-state index contributed by atoms with van der Waals surface area (Å²) >= 11 is 11.9. The van der Waals surface area contributed by atoms with Gasteiger partial charge < -0.3 is 0 Å². The fraction of sp³-hybridized carbons (Fsp3) is 0.571. The fourth-order valence-electron chi connectivity index (χ4n) is 2.73. The van der Waals surface area contributed by atoms with Gasteiger partial charge >= 0.3 is 0 Å². The van der Waals surface area contributed by atoms with Gasteiger partial charge in [0.1, 0.15) is 5.82 Å². The zero-order chi connectivity index (χ0) is 12.3. The van der Waals surface area contributed by atoms with Gasteiger partial charge in [0.05, 0.1) is 0 Å². The largest absolute Gasteiger partial charge is 0.207 e. The van der Waals surface area contributed by atoms with Crippen LogP contribution in [0.4, 0.5) is 4.39 Å². The minimum atomic E-state index is -0.201. The Morgan fingerprint density at radius 3 is 2.47 bits per heavy atom. The van der Waals surface area contributed by atoms with E-state index in [1.807, 2.05) is 0 Å². The van der Waals surface area contributed by atoms with Crippen LogP contribution in [0.1, 0.15) is 37.7 Å². The van der Waals surface area contributed by atoms with E-state index in [-0.39, 0.29) is 11.2 Å². The third kappa shape index (κ3) is 3.14. The van der Waals surface area contributed by atoms with Gasteiger partial charge in [0.25, 0.3) is 0 Å². The lowest BCUT2D eigenvalue weighted by atomic mass is 9.72. The molecule has 1 fully saturated rings. The number of hydrogen-bond acceptors (Lipinski definition) is 0. The number of halogens is 3. The van der Waals surface area contributed by atoms with Crippen LogP contribution in [0.3, 0.4) is 0 Å². The van der Waals surface area contributed by atoms with Crippen molar-refractivity contribution in [2.75, 3.05) is 5.88 Å². The first-order valence-corrected chi connectivity index (χ1v) is 7.06. The van der Waals surface area contributed by atoms with Crippen molar-refractivity contribution in [1.29, 1.82) is 0 Å². The predicted octanol–water partition coefficient (Wildman–Crippen LogP) is 5.21. The summed E-state index contributed by atoms with van der Waals surface area (Å²) in [6, 6.07) is 4.94. The number of alkyl halides is 1. The lowest BCUT2D eigenvalue weighted by Gasteiger charge is -2.35. The first-order valence-electron chi connectivity index (χ1n) is 6.15. The first-order chi connectivity index (χ1) is 8.15. The van der Waals surface area contributed by atoms with Crippen LogP contribution < -0.4 is 0 Å². The second-order valence-corrected chi connectivity index (χ2v) is 5.81. The Hall–Kier alpha value is -0.270. The van der Waals surface area contributed by atoms with Crippen LogP contribution in [0.5, 0.6) is 0 Å². The summed E-state index contributed by atoms with van der Waals surface area (Å²) in [6.07, 6.45) is 6.65. The van der Waals surface area contributed by atoms with Crippen LogP contribution in [0.25, 0.3) is 0 Å². The molecule has 0 N–H and O–H groups in total. The second-order valence-electron chi connectivity index (χ2n) is 5.11. The van der Waals surface area contributed by atoms with Gasteiger partial charge in [0, 0.05) is 10.9 Å². The van der Waals surface area contributed by atoms with Gasteiger partial charge in [0.2, 0.25) is 0 Å². The fourth-order valence-corrected chi connectivity index (χ4v) is 3.25. The van der Waals surface area contributed by atoms with Gasteiger partial charge in [-0.15, -0.1) is 11.6 Å². The van der Waals surface area contributed by atoms with Gasteiger partial charge in [-0.1, -0.05) is 36.9 Å². The molecule has 0 nitrogen and oxygen atoms in total. The molecule has 3 heteroatoms. The van der Waals surface area contributed by atoms with E-state index < -0.39 is 0 Å². The Labute approximate surface area is 112 Å². The summed E-state index contributed by atoms with van der Waals surface area (Å²) in [5.41, 5.74) is 0.839. The molecule has 0 bridgehead atoms. The van der Waals surface area contributed by atoms with Gasteiger partial charge in [-0.3, -0.25) is 0 Å². The maximum absolute atomic E-state index is 13.8. The number of rotatable bonds is 3. The predicted molar refractivity (Wildman–Crippen MR) is 71.4 cm³/mol. The molecule has 1 aliphatic rings. The lowest BCUT2D eigenvalue weighted by molar-refractivity contribution is 0.217. The molecule has 1 aromatic rings. The van der Waals surface area contributed by atoms with Crippen LogP contribution in [-0.2, 0) is 6.42 Å². The van der Waals surface area contributed by atoms with Crippen molar-refractivity contribution in [3.8, 4) is 0 Å². The Kier molecular flexibility index (Phi) is 4.32. The molecule has 1 aliphatic carbocycles. The van der Waals surface area contributed by atoms with Crippen LogP contribution in [0, 0.1) is 11.2 Å². The monoisotopic (exact) mass is 274 g/mol. The lowest BCUT2D eigenvalue weighted by Crippen LogP contribution is -2.29. The molecule has 17 heavy (non-hydrogen) atoms. The van der Waals surface area contributed by atoms with E-state index in [1.54, 1.807) is 12.1 Å². The molecule has 0 saturated heterocycles. The molecular weight excluding hydrogens is 258 g/mol. The second kappa shape index (κ2) is 5.58. The smallest absolute Gasteiger partial charge is 0.127 e. The molecule has 2 rings (SSSR count). The average Bonchev–Trinajstić information content (AvgIpc) is 2.34. The maximum atomic E-state index is 13.8. The summed E-state index contributed by atoms with van der Waals surface area (Å²) in [5.74, 6) is 0.419. The highest BCUT2D eigenvalue weighted by Gasteiger charge is 2.32. The minimum Gasteiger partial charge on any atom is -0.207 e. The van der Waals surface area contributed by atoms with Gasteiger partial charge in [-0.2, -0.15) is 0 Å². The van der Waals surface area contributed by atoms with Gasteiger partial charge in [-0.05, 0) is 42.4 Å². The Morgan fingerprint density at radius 2 is 1.88 bits per heavy atom. The average molecular weight is 275 g/mol. The molecule has 0 amide bonds. The highest BCUT2D eigenvalue weighted by atomic mass is 35.5. The van der Waals surface area contributed by atoms with E-state index >= 15 is 0 Å². The SMILES string of the molecule is Fc1cc(Cl)ccc1CC1(CCl)CCCCC1. The molecule has 1 saturated carbocycles. The standard InChI is InChI=1S/C14H17Cl2F/c15-10-14(6-2-1-3-7-14)9-11-4-5-12(16)8-13(11)17/h4-5,8H,1-3,6-7,9-10H2. The van der Waals surface area contributed by atoms with Crippen molar-refractivity contribution < 1.29 is 4.39 Å². The summed E-state index contributed by atoms with van der Waals surface area (Å²) in [6.45, 7) is 0. The molecule has 0 radical (unpaired) electrons. The number of hydrogen-bond donors (Lipinski definition) is 0.